The molecule has 2 heterocycles. The van der Waals surface area contributed by atoms with Gasteiger partial charge in [0.2, 0.25) is 0 Å². The molecule has 2 N–H and O–H groups in total. The Hall–Kier alpha value is -3.16. The number of methoxy groups -OCH3 is 2. The van der Waals surface area contributed by atoms with Gasteiger partial charge in [-0.2, -0.15) is 0 Å². The monoisotopic (exact) mass is 502 g/mol. The van der Waals surface area contributed by atoms with Crippen molar-refractivity contribution in [2.45, 2.75) is 26.3 Å². The molecule has 0 bridgehead atoms. The maximum Gasteiger partial charge on any atom is 0.295 e. The average Bonchev–Trinajstić information content (AvgIpc) is 3.26. The number of fused-ring (bicyclic) bond motifs is 1. The second-order valence-corrected chi connectivity index (χ2v) is 8.77. The van der Waals surface area contributed by atoms with Crippen molar-refractivity contribution in [1.82, 2.24) is 9.88 Å². The van der Waals surface area contributed by atoms with Crippen LogP contribution in [0.15, 0.2) is 35.9 Å². The number of carbonyl (C=O) groups is 2. The van der Waals surface area contributed by atoms with Gasteiger partial charge < -0.3 is 24.5 Å². The van der Waals surface area contributed by atoms with Crippen LogP contribution in [0.4, 0.5) is 0 Å². The minimum absolute atomic E-state index is 0.0432. The molecular formula is C25H24Cl2N2O5. The number of benzene rings is 2. The third-order valence-electron chi connectivity index (χ3n) is 6.02. The number of amides is 1. The number of Topliss-reactive ketones (excluding diaryl/α,β-unsaturated/α-hetero) is 1. The van der Waals surface area contributed by atoms with Crippen LogP contribution >= 0.6 is 23.2 Å². The van der Waals surface area contributed by atoms with E-state index in [1.165, 1.54) is 25.2 Å². The van der Waals surface area contributed by atoms with Crippen LogP contribution in [0, 0.1) is 6.92 Å². The lowest BCUT2D eigenvalue weighted by Gasteiger charge is -2.25. The van der Waals surface area contributed by atoms with Crippen molar-refractivity contribution < 1.29 is 24.2 Å². The summed E-state index contributed by atoms with van der Waals surface area (Å²) in [6.45, 7) is 4.14. The molecule has 178 valence electrons. The van der Waals surface area contributed by atoms with Crippen LogP contribution in [-0.4, -0.2) is 47.4 Å². The van der Waals surface area contributed by atoms with Gasteiger partial charge in [0, 0.05) is 28.7 Å². The van der Waals surface area contributed by atoms with Crippen LogP contribution in [0.1, 0.15) is 36.2 Å². The molecule has 1 unspecified atom stereocenters. The molecule has 1 aliphatic rings. The molecule has 3 aromatic rings. The summed E-state index contributed by atoms with van der Waals surface area (Å²) < 4.78 is 10.7. The number of rotatable bonds is 6. The number of ketones is 1. The number of carbonyl (C=O) groups excluding carboxylic acids is 2. The van der Waals surface area contributed by atoms with Crippen LogP contribution in [0.2, 0.25) is 10.0 Å². The molecule has 0 aliphatic carbocycles. The third-order valence-corrected chi connectivity index (χ3v) is 6.64. The molecule has 1 aromatic heterocycles. The number of nitrogens with zero attached hydrogens (tertiary/aromatic N) is 1. The quantitative estimate of drug-likeness (QED) is 0.258. The van der Waals surface area contributed by atoms with Gasteiger partial charge in [-0.3, -0.25) is 9.59 Å². The van der Waals surface area contributed by atoms with Gasteiger partial charge in [0.25, 0.3) is 11.7 Å². The molecule has 1 atom stereocenters. The first kappa shape index (κ1) is 24.0. The van der Waals surface area contributed by atoms with E-state index in [-0.39, 0.29) is 32.7 Å². The number of hydrogen-bond acceptors (Lipinski definition) is 5. The van der Waals surface area contributed by atoms with Gasteiger partial charge in [-0.25, -0.2) is 0 Å². The zero-order valence-corrected chi connectivity index (χ0v) is 20.7. The Balaban J connectivity index is 2.05. The van der Waals surface area contributed by atoms with Crippen LogP contribution in [0.3, 0.4) is 0 Å². The van der Waals surface area contributed by atoms with Gasteiger partial charge in [-0.15, -0.1) is 0 Å². The molecule has 0 saturated carbocycles. The standard InChI is InChI=1S/C25H24Cl2N2O5/c1-5-10-29-20(17-12(2)28-16-9-7-6-8-13(16)17)18(22(31)25(29)32)21(30)14-11-15(26)24(34-4)19(27)23(14)33-3/h6-9,11,20,28,30H,5,10H2,1-4H3/b21-18+. The van der Waals surface area contributed by atoms with E-state index in [9.17, 15) is 14.7 Å². The van der Waals surface area contributed by atoms with Crippen LogP contribution in [-0.2, 0) is 9.59 Å². The van der Waals surface area contributed by atoms with Gasteiger partial charge in [0.05, 0.1) is 36.4 Å². The third kappa shape index (κ3) is 3.60. The molecule has 1 fully saturated rings. The number of hydrogen-bond donors (Lipinski definition) is 2. The maximum atomic E-state index is 13.3. The van der Waals surface area contributed by atoms with Crippen LogP contribution < -0.4 is 9.47 Å². The molecule has 1 aliphatic heterocycles. The van der Waals surface area contributed by atoms with Gasteiger partial charge >= 0.3 is 0 Å². The number of para-hydroxylation sites is 1. The molecule has 1 saturated heterocycles. The normalized spacial score (nSPS) is 17.6. The number of aliphatic hydroxyl groups excluding tert-OH is 1. The minimum Gasteiger partial charge on any atom is -0.507 e. The van der Waals surface area contributed by atoms with Crippen molar-refractivity contribution in [1.29, 1.82) is 0 Å². The molecule has 34 heavy (non-hydrogen) atoms. The Morgan fingerprint density at radius 2 is 1.82 bits per heavy atom. The summed E-state index contributed by atoms with van der Waals surface area (Å²) in [6.07, 6.45) is 0.633. The number of aromatic amines is 1. The highest BCUT2D eigenvalue weighted by Crippen LogP contribution is 2.48. The zero-order chi connectivity index (χ0) is 24.7. The Bertz CT molecular complexity index is 1340. The van der Waals surface area contributed by atoms with Crippen LogP contribution in [0.5, 0.6) is 11.5 Å². The van der Waals surface area contributed by atoms with Crippen molar-refractivity contribution in [3.63, 3.8) is 0 Å². The van der Waals surface area contributed by atoms with Crippen LogP contribution in [0.25, 0.3) is 16.7 Å². The summed E-state index contributed by atoms with van der Waals surface area (Å²) in [7, 11) is 2.78. The van der Waals surface area contributed by atoms with Gasteiger partial charge in [-0.1, -0.05) is 48.3 Å². The van der Waals surface area contributed by atoms with E-state index < -0.39 is 23.5 Å². The SMILES string of the molecule is CCCN1C(=O)C(=O)/C(=C(/O)c2cc(Cl)c(OC)c(Cl)c2OC)C1c1c(C)[nH]c2ccccc12. The van der Waals surface area contributed by atoms with E-state index in [0.717, 1.165) is 22.2 Å². The summed E-state index contributed by atoms with van der Waals surface area (Å²) in [5.41, 5.74) is 2.44. The molecule has 0 spiro atoms. The first-order valence-electron chi connectivity index (χ1n) is 10.7. The Labute approximate surface area is 206 Å². The maximum absolute atomic E-state index is 13.3. The fourth-order valence-electron chi connectivity index (χ4n) is 4.59. The molecule has 1 amide bonds. The fourth-order valence-corrected chi connectivity index (χ4v) is 5.28. The summed E-state index contributed by atoms with van der Waals surface area (Å²) in [5.74, 6) is -1.63. The summed E-state index contributed by atoms with van der Waals surface area (Å²) >= 11 is 12.7. The fraction of sp³-hybridized carbons (Fsp3) is 0.280. The van der Waals surface area contributed by atoms with Crippen molar-refractivity contribution in [3.8, 4) is 11.5 Å². The highest BCUT2D eigenvalue weighted by Gasteiger charge is 2.47. The number of aromatic nitrogens is 1. The molecule has 0 radical (unpaired) electrons. The smallest absolute Gasteiger partial charge is 0.295 e. The van der Waals surface area contributed by atoms with Crippen molar-refractivity contribution in [3.05, 3.63) is 62.8 Å². The molecular weight excluding hydrogens is 479 g/mol. The van der Waals surface area contributed by atoms with Gasteiger partial charge in [0.1, 0.15) is 10.8 Å². The second-order valence-electron chi connectivity index (χ2n) is 7.99. The summed E-state index contributed by atoms with van der Waals surface area (Å²) in [5, 5.41) is 12.5. The molecule has 9 heteroatoms. The number of aliphatic hydroxyl groups is 1. The average molecular weight is 503 g/mol. The van der Waals surface area contributed by atoms with E-state index in [1.807, 2.05) is 38.1 Å². The molecule has 2 aromatic carbocycles. The van der Waals surface area contributed by atoms with Crippen molar-refractivity contribution in [2.24, 2.45) is 0 Å². The number of likely N-dealkylation sites (tertiary alicyclic amines) is 1. The zero-order valence-electron chi connectivity index (χ0n) is 19.2. The number of H-pyrrole nitrogens is 1. The van der Waals surface area contributed by atoms with E-state index in [2.05, 4.69) is 4.98 Å². The predicted molar refractivity (Wildman–Crippen MR) is 132 cm³/mol. The van der Waals surface area contributed by atoms with Crippen molar-refractivity contribution >= 4 is 51.6 Å². The second kappa shape index (κ2) is 9.24. The first-order valence-corrected chi connectivity index (χ1v) is 11.5. The molecule has 7 nitrogen and oxygen atoms in total. The lowest BCUT2D eigenvalue weighted by Crippen LogP contribution is -2.30. The first-order chi connectivity index (χ1) is 16.3. The molecule has 4 rings (SSSR count). The number of aryl methyl sites for hydroxylation is 1. The lowest BCUT2D eigenvalue weighted by molar-refractivity contribution is -0.139. The number of nitrogens with one attached hydrogen (secondary N) is 1. The van der Waals surface area contributed by atoms with E-state index in [0.29, 0.717) is 13.0 Å². The van der Waals surface area contributed by atoms with Crippen molar-refractivity contribution in [2.75, 3.05) is 20.8 Å². The van der Waals surface area contributed by atoms with Gasteiger partial charge in [0.15, 0.2) is 11.5 Å². The predicted octanol–water partition coefficient (Wildman–Crippen LogP) is 5.63. The Morgan fingerprint density at radius 1 is 1.15 bits per heavy atom. The minimum atomic E-state index is -0.805. The Morgan fingerprint density at radius 3 is 2.47 bits per heavy atom. The van der Waals surface area contributed by atoms with Gasteiger partial charge in [-0.05, 0) is 25.5 Å². The largest absolute Gasteiger partial charge is 0.507 e. The highest BCUT2D eigenvalue weighted by molar-refractivity contribution is 6.47. The number of halogens is 2. The topological polar surface area (TPSA) is 91.9 Å². The summed E-state index contributed by atoms with van der Waals surface area (Å²) in [6, 6.07) is 8.23. The highest BCUT2D eigenvalue weighted by atomic mass is 35.5. The summed E-state index contributed by atoms with van der Waals surface area (Å²) in [4.78, 5) is 31.2. The number of ether oxygens (including phenoxy) is 2. The lowest BCUT2D eigenvalue weighted by atomic mass is 9.93. The van der Waals surface area contributed by atoms with E-state index >= 15 is 0 Å². The van der Waals surface area contributed by atoms with E-state index in [4.69, 9.17) is 32.7 Å². The Kier molecular flexibility index (Phi) is 6.51. The van der Waals surface area contributed by atoms with E-state index in [1.54, 1.807) is 0 Å².